The zero-order chi connectivity index (χ0) is 26.3. The molecule has 1 saturated heterocycles. The Kier molecular flexibility index (Phi) is 6.94. The van der Waals surface area contributed by atoms with Crippen LogP contribution in [-0.2, 0) is 25.5 Å². The summed E-state index contributed by atoms with van der Waals surface area (Å²) in [6, 6.07) is 9.29. The number of carbonyl (C=O) groups excluding carboxylic acids is 3. The highest BCUT2D eigenvalue weighted by atomic mass is 16.7. The van der Waals surface area contributed by atoms with Gasteiger partial charge in [-0.25, -0.2) is 4.79 Å². The Labute approximate surface area is 210 Å². The van der Waals surface area contributed by atoms with Crippen LogP contribution in [0.15, 0.2) is 66.0 Å². The summed E-state index contributed by atoms with van der Waals surface area (Å²) in [6.07, 6.45) is 3.84. The number of allylic oxidation sites excluding steroid dienone is 1. The number of hydrogen-bond acceptors (Lipinski definition) is 7. The van der Waals surface area contributed by atoms with Crippen molar-refractivity contribution >= 4 is 17.8 Å². The Bertz CT molecular complexity index is 1140. The van der Waals surface area contributed by atoms with Crippen LogP contribution in [0, 0.1) is 17.8 Å². The third-order valence-corrected chi connectivity index (χ3v) is 7.79. The van der Waals surface area contributed by atoms with Crippen molar-refractivity contribution in [3.63, 3.8) is 0 Å². The van der Waals surface area contributed by atoms with Crippen molar-refractivity contribution in [1.82, 2.24) is 5.32 Å². The van der Waals surface area contributed by atoms with Crippen LogP contribution < -0.4 is 5.32 Å². The number of ketones is 1. The first-order valence-electron chi connectivity index (χ1n) is 12.2. The summed E-state index contributed by atoms with van der Waals surface area (Å²) in [5, 5.41) is 24.8. The smallest absolute Gasteiger partial charge is 0.416 e. The van der Waals surface area contributed by atoms with Crippen LogP contribution in [0.3, 0.4) is 0 Å². The van der Waals surface area contributed by atoms with Crippen LogP contribution in [0.25, 0.3) is 0 Å². The normalized spacial score (nSPS) is 38.8. The van der Waals surface area contributed by atoms with E-state index in [4.69, 9.17) is 9.47 Å². The van der Waals surface area contributed by atoms with Gasteiger partial charge in [0.25, 0.3) is 5.91 Å². The van der Waals surface area contributed by atoms with Crippen LogP contribution in [0.2, 0.25) is 0 Å². The molecule has 2 heterocycles. The van der Waals surface area contributed by atoms with Gasteiger partial charge in [0.2, 0.25) is 5.60 Å². The highest BCUT2D eigenvalue weighted by Gasteiger charge is 2.66. The van der Waals surface area contributed by atoms with Crippen LogP contribution in [0.4, 0.5) is 4.79 Å². The maximum atomic E-state index is 13.7. The number of ether oxygens (including phenoxy) is 2. The molecule has 192 valence electrons. The molecule has 0 radical (unpaired) electrons. The standard InChI is InChI=1S/C28H33NO7/c1-16-9-8-12-20-23(30)18(3)17(2)22-21(15-19-10-6-5-7-11-19)29-25(32)28(20,22)36-26(33)35-14-13-27(4,34)24(16)31/h5-8,10-14,16,20-23,30,34H,9,15H2,1-4H3,(H,29,32)/b12-8+,14-13+. The van der Waals surface area contributed by atoms with Crippen molar-refractivity contribution < 1.29 is 34.1 Å². The zero-order valence-corrected chi connectivity index (χ0v) is 20.9. The fourth-order valence-electron chi connectivity index (χ4n) is 5.73. The summed E-state index contributed by atoms with van der Waals surface area (Å²) in [5.74, 6) is -3.00. The Hall–Kier alpha value is -3.23. The molecule has 1 fully saturated rings. The molecule has 1 aliphatic carbocycles. The average Bonchev–Trinajstić information content (AvgIpc) is 3.10. The SMILES string of the molecule is CC1=C(C)C2C(Cc3ccccc3)NC(=O)C23OC(=O)O/C=C/C(C)(O)C(=O)C(C)C/C=C/C3C1O. The van der Waals surface area contributed by atoms with E-state index in [9.17, 15) is 24.6 Å². The first-order chi connectivity index (χ1) is 17.0. The monoisotopic (exact) mass is 495 g/mol. The molecule has 7 unspecified atom stereocenters. The van der Waals surface area contributed by atoms with Crippen molar-refractivity contribution in [3.05, 3.63) is 71.5 Å². The maximum Gasteiger partial charge on any atom is 0.514 e. The first-order valence-corrected chi connectivity index (χ1v) is 12.2. The summed E-state index contributed by atoms with van der Waals surface area (Å²) in [6.45, 7) is 6.65. The summed E-state index contributed by atoms with van der Waals surface area (Å²) >= 11 is 0. The predicted molar refractivity (Wildman–Crippen MR) is 131 cm³/mol. The highest BCUT2D eigenvalue weighted by Crippen LogP contribution is 2.50. The van der Waals surface area contributed by atoms with Gasteiger partial charge in [-0.15, -0.1) is 0 Å². The van der Waals surface area contributed by atoms with Crippen molar-refractivity contribution in [2.24, 2.45) is 17.8 Å². The molecule has 8 heteroatoms. The molecular formula is C28H33NO7. The van der Waals surface area contributed by atoms with Gasteiger partial charge in [-0.05, 0) is 50.8 Å². The second kappa shape index (κ2) is 9.67. The quantitative estimate of drug-likeness (QED) is 0.426. The van der Waals surface area contributed by atoms with E-state index < -0.39 is 58.9 Å². The molecule has 36 heavy (non-hydrogen) atoms. The molecule has 7 atom stereocenters. The largest absolute Gasteiger partial charge is 0.514 e. The zero-order valence-electron chi connectivity index (χ0n) is 20.9. The highest BCUT2D eigenvalue weighted by molar-refractivity contribution is 5.93. The molecule has 4 rings (SSSR count). The molecule has 1 amide bonds. The lowest BCUT2D eigenvalue weighted by Crippen LogP contribution is -2.59. The third-order valence-electron chi connectivity index (χ3n) is 7.79. The average molecular weight is 496 g/mol. The van der Waals surface area contributed by atoms with Gasteiger partial charge in [-0.3, -0.25) is 9.59 Å². The van der Waals surface area contributed by atoms with Crippen molar-refractivity contribution in [2.45, 2.75) is 63.9 Å². The van der Waals surface area contributed by atoms with Gasteiger partial charge in [0, 0.05) is 12.0 Å². The molecule has 3 N–H and O–H groups in total. The summed E-state index contributed by atoms with van der Waals surface area (Å²) in [5.41, 5.74) is -1.13. The van der Waals surface area contributed by atoms with Crippen LogP contribution in [0.1, 0.15) is 39.7 Å². The molecule has 1 aromatic carbocycles. The van der Waals surface area contributed by atoms with E-state index in [-0.39, 0.29) is 6.42 Å². The van der Waals surface area contributed by atoms with Crippen LogP contribution in [-0.4, -0.2) is 51.4 Å². The molecule has 1 aromatic rings. The molecule has 3 aliphatic rings. The number of rotatable bonds is 2. The van der Waals surface area contributed by atoms with Gasteiger partial charge in [-0.2, -0.15) is 0 Å². The second-order valence-electron chi connectivity index (χ2n) is 10.2. The van der Waals surface area contributed by atoms with Crippen LogP contribution in [0.5, 0.6) is 0 Å². The molecule has 1 spiro atoms. The van der Waals surface area contributed by atoms with E-state index in [0.29, 0.717) is 12.0 Å². The molecule has 0 aromatic heterocycles. The van der Waals surface area contributed by atoms with E-state index >= 15 is 0 Å². The van der Waals surface area contributed by atoms with E-state index in [2.05, 4.69) is 5.32 Å². The van der Waals surface area contributed by atoms with Crippen molar-refractivity contribution in [2.75, 3.05) is 0 Å². The fourth-order valence-corrected chi connectivity index (χ4v) is 5.73. The lowest BCUT2D eigenvalue weighted by atomic mass is 9.63. The van der Waals surface area contributed by atoms with Crippen molar-refractivity contribution in [1.29, 1.82) is 0 Å². The Balaban J connectivity index is 1.82. The summed E-state index contributed by atoms with van der Waals surface area (Å²) in [4.78, 5) is 39.3. The maximum absolute atomic E-state index is 13.7. The first kappa shape index (κ1) is 25.9. The minimum atomic E-state index is -1.85. The molecule has 2 aliphatic heterocycles. The number of aliphatic hydroxyl groups is 2. The number of carbonyl (C=O) groups is 3. The van der Waals surface area contributed by atoms with E-state index in [1.165, 1.54) is 6.92 Å². The topological polar surface area (TPSA) is 122 Å². The van der Waals surface area contributed by atoms with Crippen LogP contribution >= 0.6 is 0 Å². The molecule has 8 nitrogen and oxygen atoms in total. The van der Waals surface area contributed by atoms with E-state index in [1.54, 1.807) is 19.1 Å². The number of Topliss-reactive ketones (excluding diaryl/α,β-unsaturated/α-hetero) is 1. The second-order valence-corrected chi connectivity index (χ2v) is 10.2. The van der Waals surface area contributed by atoms with Gasteiger partial charge < -0.3 is 25.0 Å². The summed E-state index contributed by atoms with van der Waals surface area (Å²) in [7, 11) is 0. The Morgan fingerprint density at radius 1 is 1.11 bits per heavy atom. The Morgan fingerprint density at radius 2 is 1.81 bits per heavy atom. The Morgan fingerprint density at radius 3 is 2.50 bits per heavy atom. The minimum Gasteiger partial charge on any atom is -0.416 e. The number of amides is 1. The predicted octanol–water partition coefficient (Wildman–Crippen LogP) is 2.99. The lowest BCUT2D eigenvalue weighted by molar-refractivity contribution is -0.151. The summed E-state index contributed by atoms with van der Waals surface area (Å²) < 4.78 is 10.9. The molecule has 0 saturated carbocycles. The van der Waals surface area contributed by atoms with Gasteiger partial charge in [0.05, 0.1) is 24.2 Å². The van der Waals surface area contributed by atoms with Gasteiger partial charge in [-0.1, -0.05) is 55.0 Å². The fraction of sp³-hybridized carbons (Fsp3) is 0.464. The number of cyclic esters (lactones) is 1. The molecular weight excluding hydrogens is 462 g/mol. The molecule has 0 bridgehead atoms. The van der Waals surface area contributed by atoms with E-state index in [1.807, 2.05) is 44.2 Å². The minimum absolute atomic E-state index is 0.262. The van der Waals surface area contributed by atoms with Crippen molar-refractivity contribution in [3.8, 4) is 0 Å². The van der Waals surface area contributed by atoms with Gasteiger partial charge in [0.1, 0.15) is 5.60 Å². The number of nitrogens with one attached hydrogen (secondary N) is 1. The van der Waals surface area contributed by atoms with E-state index in [0.717, 1.165) is 23.5 Å². The van der Waals surface area contributed by atoms with Gasteiger partial charge >= 0.3 is 6.16 Å². The number of benzene rings is 1. The number of hydrogen-bond donors (Lipinski definition) is 3. The lowest BCUT2D eigenvalue weighted by Gasteiger charge is -2.45. The number of aliphatic hydroxyl groups excluding tert-OH is 1. The van der Waals surface area contributed by atoms with Gasteiger partial charge in [0.15, 0.2) is 5.78 Å². The third kappa shape index (κ3) is 4.40.